The Morgan fingerprint density at radius 1 is 1.04 bits per heavy atom. The average molecular weight is 329 g/mol. The number of carbonyl (C=O) groups is 2. The van der Waals surface area contributed by atoms with E-state index in [4.69, 9.17) is 0 Å². The fourth-order valence-corrected chi connectivity index (χ4v) is 3.36. The highest BCUT2D eigenvalue weighted by Gasteiger charge is 2.28. The van der Waals surface area contributed by atoms with Crippen LogP contribution in [0.2, 0.25) is 0 Å². The van der Waals surface area contributed by atoms with Gasteiger partial charge < -0.3 is 16.0 Å². The van der Waals surface area contributed by atoms with Crippen molar-refractivity contribution in [2.24, 2.45) is 11.8 Å². The maximum atomic E-state index is 12.3. The molecule has 1 aromatic rings. The zero-order valence-corrected chi connectivity index (χ0v) is 14.5. The number of rotatable bonds is 4. The minimum absolute atomic E-state index is 0.0729. The molecule has 0 saturated heterocycles. The van der Waals surface area contributed by atoms with Gasteiger partial charge in [0.25, 0.3) is 5.91 Å². The number of hydrogen-bond acceptors (Lipinski definition) is 2. The Morgan fingerprint density at radius 2 is 1.83 bits per heavy atom. The van der Waals surface area contributed by atoms with Gasteiger partial charge in [-0.25, -0.2) is 4.79 Å². The molecule has 5 nitrogen and oxygen atoms in total. The SMILES string of the molecule is C[C@H]1[C@@H](NC(=O)Nc2cccc(C(=O)NC3CC3)c2)CCC[C@@H]1C. The number of anilines is 1. The van der Waals surface area contributed by atoms with Crippen LogP contribution in [0.25, 0.3) is 0 Å². The van der Waals surface area contributed by atoms with E-state index in [0.717, 1.165) is 25.7 Å². The third-order valence-electron chi connectivity index (χ3n) is 5.32. The molecule has 0 radical (unpaired) electrons. The predicted octanol–water partition coefficient (Wildman–Crippen LogP) is 3.53. The topological polar surface area (TPSA) is 70.2 Å². The zero-order valence-electron chi connectivity index (χ0n) is 14.5. The summed E-state index contributed by atoms with van der Waals surface area (Å²) < 4.78 is 0. The van der Waals surface area contributed by atoms with Crippen molar-refractivity contribution in [1.29, 1.82) is 0 Å². The molecular weight excluding hydrogens is 302 g/mol. The first-order valence-electron chi connectivity index (χ1n) is 9.01. The first kappa shape index (κ1) is 16.8. The van der Waals surface area contributed by atoms with Crippen molar-refractivity contribution >= 4 is 17.6 Å². The third kappa shape index (κ3) is 4.28. The van der Waals surface area contributed by atoms with Gasteiger partial charge in [0.1, 0.15) is 0 Å². The Kier molecular flexibility index (Phi) is 5.07. The molecule has 0 spiro atoms. The molecule has 3 N–H and O–H groups in total. The molecule has 2 aliphatic carbocycles. The molecule has 3 atom stereocenters. The summed E-state index contributed by atoms with van der Waals surface area (Å²) in [6.07, 6.45) is 5.54. The molecule has 0 unspecified atom stereocenters. The van der Waals surface area contributed by atoms with E-state index in [-0.39, 0.29) is 18.0 Å². The molecule has 0 bridgehead atoms. The van der Waals surface area contributed by atoms with E-state index in [1.54, 1.807) is 24.3 Å². The quantitative estimate of drug-likeness (QED) is 0.791. The second kappa shape index (κ2) is 7.24. The standard InChI is InChI=1S/C19H27N3O2/c1-12-5-3-8-17(13(12)2)22-19(24)21-16-7-4-6-14(11-16)18(23)20-15-9-10-15/h4,6-7,11-13,15,17H,3,5,8-10H2,1-2H3,(H,20,23)(H2,21,22,24)/t12-,13+,17-/m0/s1. The van der Waals surface area contributed by atoms with Gasteiger partial charge in [0.05, 0.1) is 0 Å². The zero-order chi connectivity index (χ0) is 17.1. The second-order valence-corrected chi connectivity index (χ2v) is 7.30. The summed E-state index contributed by atoms with van der Waals surface area (Å²) in [4.78, 5) is 24.4. The predicted molar refractivity (Wildman–Crippen MR) is 95.1 cm³/mol. The van der Waals surface area contributed by atoms with E-state index in [0.29, 0.717) is 29.1 Å². The van der Waals surface area contributed by atoms with E-state index >= 15 is 0 Å². The first-order chi connectivity index (χ1) is 11.5. The molecule has 5 heteroatoms. The highest BCUT2D eigenvalue weighted by atomic mass is 16.2. The molecule has 0 aliphatic heterocycles. The van der Waals surface area contributed by atoms with Gasteiger partial charge in [-0.3, -0.25) is 4.79 Å². The van der Waals surface area contributed by atoms with Crippen LogP contribution in [0.4, 0.5) is 10.5 Å². The lowest BCUT2D eigenvalue weighted by molar-refractivity contribution is 0.0951. The maximum Gasteiger partial charge on any atom is 0.319 e. The Bertz CT molecular complexity index is 612. The van der Waals surface area contributed by atoms with Crippen molar-refractivity contribution in [3.05, 3.63) is 29.8 Å². The largest absolute Gasteiger partial charge is 0.349 e. The summed E-state index contributed by atoms with van der Waals surface area (Å²) >= 11 is 0. The monoisotopic (exact) mass is 329 g/mol. The van der Waals surface area contributed by atoms with E-state index < -0.39 is 0 Å². The molecule has 24 heavy (non-hydrogen) atoms. The van der Waals surface area contributed by atoms with Crippen LogP contribution in [0.1, 0.15) is 56.3 Å². The van der Waals surface area contributed by atoms with E-state index in [2.05, 4.69) is 29.8 Å². The molecule has 2 aliphatic rings. The molecule has 2 fully saturated rings. The molecule has 1 aromatic carbocycles. The summed E-state index contributed by atoms with van der Waals surface area (Å²) in [5.41, 5.74) is 1.23. The van der Waals surface area contributed by atoms with Gasteiger partial charge in [0, 0.05) is 23.3 Å². The Hall–Kier alpha value is -2.04. The normalized spacial score (nSPS) is 26.5. The van der Waals surface area contributed by atoms with Crippen LogP contribution >= 0.6 is 0 Å². The molecule has 2 saturated carbocycles. The summed E-state index contributed by atoms with van der Waals surface area (Å²) in [6, 6.07) is 7.45. The summed E-state index contributed by atoms with van der Waals surface area (Å²) in [5, 5.41) is 8.91. The fraction of sp³-hybridized carbons (Fsp3) is 0.579. The molecular formula is C19H27N3O2. The van der Waals surface area contributed by atoms with E-state index in [1.165, 1.54) is 6.42 Å². The Morgan fingerprint density at radius 3 is 2.58 bits per heavy atom. The van der Waals surface area contributed by atoms with Crippen LogP contribution in [0, 0.1) is 11.8 Å². The highest BCUT2D eigenvalue weighted by molar-refractivity contribution is 5.97. The number of amides is 3. The molecule has 3 rings (SSSR count). The lowest BCUT2D eigenvalue weighted by Crippen LogP contribution is -2.45. The summed E-state index contributed by atoms with van der Waals surface area (Å²) in [6.45, 7) is 4.45. The first-order valence-corrected chi connectivity index (χ1v) is 9.01. The minimum Gasteiger partial charge on any atom is -0.349 e. The fourth-order valence-electron chi connectivity index (χ4n) is 3.36. The van der Waals surface area contributed by atoms with Gasteiger partial charge in [-0.05, 0) is 49.3 Å². The van der Waals surface area contributed by atoms with Crippen molar-refractivity contribution in [2.75, 3.05) is 5.32 Å². The van der Waals surface area contributed by atoms with Crippen LogP contribution in [0.3, 0.4) is 0 Å². The van der Waals surface area contributed by atoms with Crippen molar-refractivity contribution in [3.63, 3.8) is 0 Å². The van der Waals surface area contributed by atoms with Gasteiger partial charge in [-0.15, -0.1) is 0 Å². The van der Waals surface area contributed by atoms with Gasteiger partial charge in [-0.1, -0.05) is 32.8 Å². The lowest BCUT2D eigenvalue weighted by Gasteiger charge is -2.34. The minimum atomic E-state index is -0.194. The molecule has 3 amide bonds. The number of hydrogen-bond donors (Lipinski definition) is 3. The Balaban J connectivity index is 1.56. The van der Waals surface area contributed by atoms with Crippen molar-refractivity contribution in [2.45, 2.75) is 58.0 Å². The van der Waals surface area contributed by atoms with Gasteiger partial charge >= 0.3 is 6.03 Å². The smallest absolute Gasteiger partial charge is 0.319 e. The molecule has 0 heterocycles. The number of urea groups is 1. The lowest BCUT2D eigenvalue weighted by atomic mass is 9.78. The van der Waals surface area contributed by atoms with Gasteiger partial charge in [0.2, 0.25) is 0 Å². The van der Waals surface area contributed by atoms with Crippen molar-refractivity contribution in [3.8, 4) is 0 Å². The second-order valence-electron chi connectivity index (χ2n) is 7.30. The van der Waals surface area contributed by atoms with E-state index in [1.807, 2.05) is 0 Å². The summed E-state index contributed by atoms with van der Waals surface area (Å²) in [5.74, 6) is 1.05. The number of nitrogens with one attached hydrogen (secondary N) is 3. The van der Waals surface area contributed by atoms with Crippen molar-refractivity contribution < 1.29 is 9.59 Å². The number of carbonyl (C=O) groups excluding carboxylic acids is 2. The highest BCUT2D eigenvalue weighted by Crippen LogP contribution is 2.29. The number of benzene rings is 1. The Labute approximate surface area is 143 Å². The van der Waals surface area contributed by atoms with Gasteiger partial charge in [0.15, 0.2) is 0 Å². The van der Waals surface area contributed by atoms with Crippen LogP contribution in [0.15, 0.2) is 24.3 Å². The van der Waals surface area contributed by atoms with Crippen LogP contribution < -0.4 is 16.0 Å². The van der Waals surface area contributed by atoms with Crippen LogP contribution in [-0.4, -0.2) is 24.0 Å². The van der Waals surface area contributed by atoms with Crippen LogP contribution in [0.5, 0.6) is 0 Å². The van der Waals surface area contributed by atoms with E-state index in [9.17, 15) is 9.59 Å². The molecule has 0 aromatic heterocycles. The third-order valence-corrected chi connectivity index (χ3v) is 5.32. The summed E-state index contributed by atoms with van der Waals surface area (Å²) in [7, 11) is 0. The average Bonchev–Trinajstić information content (AvgIpc) is 3.36. The maximum absolute atomic E-state index is 12.3. The van der Waals surface area contributed by atoms with Crippen molar-refractivity contribution in [1.82, 2.24) is 10.6 Å². The van der Waals surface area contributed by atoms with Gasteiger partial charge in [-0.2, -0.15) is 0 Å². The van der Waals surface area contributed by atoms with Crippen LogP contribution in [-0.2, 0) is 0 Å². The molecule has 130 valence electrons.